The van der Waals surface area contributed by atoms with Gasteiger partial charge in [0.05, 0.1) is 17.2 Å². The predicted octanol–water partition coefficient (Wildman–Crippen LogP) is 7.39. The Bertz CT molecular complexity index is 1440. The van der Waals surface area contributed by atoms with Gasteiger partial charge in [-0.3, -0.25) is 4.79 Å². The molecule has 1 amide bonds. The fraction of sp³-hybridized carbons (Fsp3) is 0.387. The molecular formula is C31H34BrF2N5O. The first-order valence-electron chi connectivity index (χ1n) is 13.7. The van der Waals surface area contributed by atoms with Gasteiger partial charge in [-0.05, 0) is 48.9 Å². The standard InChI is InChI=1S/C31H34BrF2N5O/c1-4-8-21-11-14-38(15-12-21)26-18-25(32)23-9-6-7-10-24(23)28(26)29(40)36-27-17-20(3)35-30(37-27)39-16-13-31(33,34)22(5-2)19-39/h4-7,9-10,17-18,21-22H,1-2,8,11-16,19H2,3H3,(H,35,36,37,40). The second-order valence-electron chi connectivity index (χ2n) is 10.7. The van der Waals surface area contributed by atoms with Crippen molar-refractivity contribution >= 4 is 50.1 Å². The van der Waals surface area contributed by atoms with Crippen LogP contribution in [-0.2, 0) is 0 Å². The van der Waals surface area contributed by atoms with Gasteiger partial charge >= 0.3 is 0 Å². The van der Waals surface area contributed by atoms with Gasteiger partial charge in [-0.1, -0.05) is 52.3 Å². The summed E-state index contributed by atoms with van der Waals surface area (Å²) in [6.45, 7) is 11.2. The Morgan fingerprint density at radius 2 is 1.85 bits per heavy atom. The number of aryl methyl sites for hydroxylation is 1. The molecule has 1 unspecified atom stereocenters. The lowest BCUT2D eigenvalue weighted by Crippen LogP contribution is -2.47. The molecular weight excluding hydrogens is 576 g/mol. The number of halogens is 3. The van der Waals surface area contributed by atoms with Gasteiger partial charge in [-0.2, -0.15) is 4.98 Å². The lowest BCUT2D eigenvalue weighted by molar-refractivity contribution is -0.0545. The third-order valence-corrected chi connectivity index (χ3v) is 8.64. The van der Waals surface area contributed by atoms with Crippen LogP contribution in [0.25, 0.3) is 10.8 Å². The highest BCUT2D eigenvalue weighted by molar-refractivity contribution is 9.10. The van der Waals surface area contributed by atoms with Crippen LogP contribution in [0, 0.1) is 18.8 Å². The van der Waals surface area contributed by atoms with Crippen molar-refractivity contribution in [3.63, 3.8) is 0 Å². The molecule has 0 spiro atoms. The predicted molar refractivity (Wildman–Crippen MR) is 162 cm³/mol. The van der Waals surface area contributed by atoms with E-state index in [-0.39, 0.29) is 25.4 Å². The summed E-state index contributed by atoms with van der Waals surface area (Å²) < 4.78 is 29.5. The van der Waals surface area contributed by atoms with E-state index >= 15 is 0 Å². The summed E-state index contributed by atoms with van der Waals surface area (Å²) >= 11 is 3.72. The van der Waals surface area contributed by atoms with Crippen LogP contribution in [-0.4, -0.2) is 48.0 Å². The van der Waals surface area contributed by atoms with Crippen LogP contribution >= 0.6 is 15.9 Å². The van der Waals surface area contributed by atoms with Gasteiger partial charge in [-0.15, -0.1) is 13.2 Å². The summed E-state index contributed by atoms with van der Waals surface area (Å²) in [5.74, 6) is -2.81. The summed E-state index contributed by atoms with van der Waals surface area (Å²) in [6.07, 6.45) is 6.04. The van der Waals surface area contributed by atoms with Crippen molar-refractivity contribution in [3.8, 4) is 0 Å². The second-order valence-corrected chi connectivity index (χ2v) is 11.6. The van der Waals surface area contributed by atoms with Crippen molar-refractivity contribution in [1.82, 2.24) is 9.97 Å². The number of nitrogens with one attached hydrogen (secondary N) is 1. The van der Waals surface area contributed by atoms with Gasteiger partial charge in [0, 0.05) is 48.8 Å². The van der Waals surface area contributed by atoms with Crippen LogP contribution in [0.1, 0.15) is 41.7 Å². The molecule has 1 N–H and O–H groups in total. The number of allylic oxidation sites excluding steroid dienone is 1. The molecule has 2 aliphatic rings. The Labute approximate surface area is 242 Å². The van der Waals surface area contributed by atoms with Crippen molar-refractivity contribution in [1.29, 1.82) is 0 Å². The third-order valence-electron chi connectivity index (χ3n) is 7.98. The number of anilines is 3. The van der Waals surface area contributed by atoms with Gasteiger partial charge in [0.1, 0.15) is 5.82 Å². The summed E-state index contributed by atoms with van der Waals surface area (Å²) in [5.41, 5.74) is 2.10. The monoisotopic (exact) mass is 609 g/mol. The van der Waals surface area contributed by atoms with E-state index in [2.05, 4.69) is 49.3 Å². The number of hydrogen-bond donors (Lipinski definition) is 1. The molecule has 5 rings (SSSR count). The summed E-state index contributed by atoms with van der Waals surface area (Å²) in [7, 11) is 0. The van der Waals surface area contributed by atoms with E-state index in [0.29, 0.717) is 28.9 Å². The average molecular weight is 611 g/mol. The molecule has 210 valence electrons. The molecule has 3 aromatic rings. The van der Waals surface area contributed by atoms with E-state index in [0.717, 1.165) is 53.3 Å². The Hall–Kier alpha value is -3.33. The number of carbonyl (C=O) groups is 1. The molecule has 1 aromatic heterocycles. The zero-order chi connectivity index (χ0) is 28.4. The number of benzene rings is 2. The first-order chi connectivity index (χ1) is 19.2. The first kappa shape index (κ1) is 28.2. The molecule has 0 saturated carbocycles. The highest BCUT2D eigenvalue weighted by Gasteiger charge is 2.43. The highest BCUT2D eigenvalue weighted by Crippen LogP contribution is 2.38. The van der Waals surface area contributed by atoms with E-state index in [4.69, 9.17) is 0 Å². The number of rotatable bonds is 7. The quantitative estimate of drug-likeness (QED) is 0.283. The lowest BCUT2D eigenvalue weighted by Gasteiger charge is -2.37. The Morgan fingerprint density at radius 1 is 1.12 bits per heavy atom. The average Bonchev–Trinajstić information content (AvgIpc) is 2.93. The van der Waals surface area contributed by atoms with Crippen LogP contribution in [0.3, 0.4) is 0 Å². The molecule has 40 heavy (non-hydrogen) atoms. The van der Waals surface area contributed by atoms with Crippen LogP contribution in [0.2, 0.25) is 0 Å². The summed E-state index contributed by atoms with van der Waals surface area (Å²) in [6, 6.07) is 11.6. The van der Waals surface area contributed by atoms with Crippen LogP contribution in [0.4, 0.5) is 26.2 Å². The number of aromatic nitrogens is 2. The van der Waals surface area contributed by atoms with E-state index < -0.39 is 11.8 Å². The van der Waals surface area contributed by atoms with Crippen LogP contribution < -0.4 is 15.1 Å². The lowest BCUT2D eigenvalue weighted by atomic mass is 9.92. The number of fused-ring (bicyclic) bond motifs is 1. The molecule has 2 aromatic carbocycles. The smallest absolute Gasteiger partial charge is 0.259 e. The first-order valence-corrected chi connectivity index (χ1v) is 14.5. The van der Waals surface area contributed by atoms with Gasteiger partial charge in [0.2, 0.25) is 5.95 Å². The number of alkyl halides is 2. The van der Waals surface area contributed by atoms with E-state index in [9.17, 15) is 13.6 Å². The van der Waals surface area contributed by atoms with Gasteiger partial charge in [0.15, 0.2) is 0 Å². The van der Waals surface area contributed by atoms with Crippen molar-refractivity contribution in [2.45, 2.75) is 38.5 Å². The minimum atomic E-state index is -2.81. The van der Waals surface area contributed by atoms with Gasteiger partial charge < -0.3 is 15.1 Å². The molecule has 6 nitrogen and oxygen atoms in total. The Morgan fingerprint density at radius 3 is 2.55 bits per heavy atom. The van der Waals surface area contributed by atoms with Crippen molar-refractivity contribution in [3.05, 3.63) is 77.4 Å². The molecule has 0 aliphatic carbocycles. The molecule has 2 saturated heterocycles. The van der Waals surface area contributed by atoms with E-state index in [1.165, 1.54) is 6.08 Å². The molecule has 3 heterocycles. The van der Waals surface area contributed by atoms with Crippen molar-refractivity contribution in [2.75, 3.05) is 41.3 Å². The maximum atomic E-state index is 14.3. The number of carbonyl (C=O) groups excluding carboxylic acids is 1. The number of nitrogens with zero attached hydrogens (tertiary/aromatic N) is 4. The molecule has 9 heteroatoms. The zero-order valence-corrected chi connectivity index (χ0v) is 24.3. The van der Waals surface area contributed by atoms with Crippen LogP contribution in [0.15, 0.2) is 66.2 Å². The number of amides is 1. The molecule has 2 aliphatic heterocycles. The minimum absolute atomic E-state index is 0.0661. The third kappa shape index (κ3) is 5.75. The van der Waals surface area contributed by atoms with Crippen molar-refractivity contribution in [2.24, 2.45) is 11.8 Å². The summed E-state index contributed by atoms with van der Waals surface area (Å²) in [4.78, 5) is 27.1. The topological polar surface area (TPSA) is 61.4 Å². The summed E-state index contributed by atoms with van der Waals surface area (Å²) in [5, 5.41) is 4.79. The minimum Gasteiger partial charge on any atom is -0.371 e. The SMILES string of the molecule is C=CCC1CCN(c2cc(Br)c3ccccc3c2C(=O)Nc2cc(C)nc(N3CCC(F)(F)C(C=C)C3)n2)CC1. The number of piperidine rings is 2. The van der Waals surface area contributed by atoms with Gasteiger partial charge in [-0.25, -0.2) is 13.8 Å². The zero-order valence-electron chi connectivity index (χ0n) is 22.7. The molecule has 2 fully saturated rings. The van der Waals surface area contributed by atoms with E-state index in [1.54, 1.807) is 17.9 Å². The fourth-order valence-electron chi connectivity index (χ4n) is 5.75. The maximum absolute atomic E-state index is 14.3. The van der Waals surface area contributed by atoms with Crippen LogP contribution in [0.5, 0.6) is 0 Å². The second kappa shape index (κ2) is 11.6. The molecule has 0 bridgehead atoms. The Kier molecular flexibility index (Phi) is 8.21. The van der Waals surface area contributed by atoms with Crippen molar-refractivity contribution < 1.29 is 13.6 Å². The molecule has 0 radical (unpaired) electrons. The number of hydrogen-bond acceptors (Lipinski definition) is 5. The maximum Gasteiger partial charge on any atom is 0.259 e. The Balaban J connectivity index is 1.47. The van der Waals surface area contributed by atoms with E-state index in [1.807, 2.05) is 36.4 Å². The highest BCUT2D eigenvalue weighted by atomic mass is 79.9. The normalized spacial score (nSPS) is 19.4. The molecule has 1 atom stereocenters. The fourth-order valence-corrected chi connectivity index (χ4v) is 6.31. The van der Waals surface area contributed by atoms with Gasteiger partial charge in [0.25, 0.3) is 11.8 Å². The largest absolute Gasteiger partial charge is 0.371 e.